The van der Waals surface area contributed by atoms with Gasteiger partial charge in [-0.25, -0.2) is 4.79 Å². The molecule has 1 aliphatic rings. The van der Waals surface area contributed by atoms with Crippen molar-refractivity contribution in [2.75, 3.05) is 7.11 Å². The molecule has 3 nitrogen and oxygen atoms in total. The summed E-state index contributed by atoms with van der Waals surface area (Å²) in [6.45, 7) is 4.74. The lowest BCUT2D eigenvalue weighted by molar-refractivity contribution is 0.0657. The van der Waals surface area contributed by atoms with Crippen LogP contribution in [0.4, 0.5) is 4.79 Å². The number of methoxy groups -OCH3 is 1. The Labute approximate surface area is 110 Å². The maximum atomic E-state index is 11.8. The smallest absolute Gasteiger partial charge is 0.410 e. The molecule has 0 saturated heterocycles. The average molecular weight is 298 g/mol. The van der Waals surface area contributed by atoms with Crippen molar-refractivity contribution >= 4 is 22.0 Å². The van der Waals surface area contributed by atoms with Gasteiger partial charge in [-0.3, -0.25) is 4.90 Å². The number of ether oxygens (including phenoxy) is 1. The summed E-state index contributed by atoms with van der Waals surface area (Å²) in [5.41, 5.74) is 2.28. The highest BCUT2D eigenvalue weighted by molar-refractivity contribution is 9.10. The number of nitrogens with zero attached hydrogens (tertiary/aromatic N) is 1. The van der Waals surface area contributed by atoms with Gasteiger partial charge in [-0.2, -0.15) is 0 Å². The summed E-state index contributed by atoms with van der Waals surface area (Å²) < 4.78 is 5.92. The molecule has 0 fully saturated rings. The molecule has 0 unspecified atom stereocenters. The van der Waals surface area contributed by atoms with E-state index in [1.807, 2.05) is 6.07 Å². The summed E-state index contributed by atoms with van der Waals surface area (Å²) >= 11 is 3.48. The summed E-state index contributed by atoms with van der Waals surface area (Å²) in [6, 6.07) is 6.20. The quantitative estimate of drug-likeness (QED) is 0.735. The van der Waals surface area contributed by atoms with E-state index in [-0.39, 0.29) is 11.6 Å². The van der Waals surface area contributed by atoms with Crippen LogP contribution in [0.25, 0.3) is 0 Å². The Kier molecular flexibility index (Phi) is 3.17. The van der Waals surface area contributed by atoms with Crippen LogP contribution in [0.15, 0.2) is 22.7 Å². The molecule has 0 aromatic heterocycles. The summed E-state index contributed by atoms with van der Waals surface area (Å²) in [4.78, 5) is 13.5. The Hall–Kier alpha value is -1.03. The van der Waals surface area contributed by atoms with Crippen molar-refractivity contribution in [2.45, 2.75) is 32.4 Å². The monoisotopic (exact) mass is 297 g/mol. The maximum absolute atomic E-state index is 11.8. The van der Waals surface area contributed by atoms with Crippen LogP contribution in [-0.2, 0) is 17.7 Å². The summed E-state index contributed by atoms with van der Waals surface area (Å²) in [7, 11) is 1.43. The Morgan fingerprint density at radius 2 is 2.12 bits per heavy atom. The van der Waals surface area contributed by atoms with Gasteiger partial charge in [-0.15, -0.1) is 0 Å². The first-order valence-electron chi connectivity index (χ1n) is 5.57. The van der Waals surface area contributed by atoms with Gasteiger partial charge in [0.05, 0.1) is 7.11 Å². The van der Waals surface area contributed by atoms with Crippen LogP contribution in [0.5, 0.6) is 0 Å². The molecule has 2 rings (SSSR count). The summed E-state index contributed by atoms with van der Waals surface area (Å²) in [6.07, 6.45) is 0.584. The number of amides is 1. The predicted octanol–water partition coefficient (Wildman–Crippen LogP) is 3.35. The minimum Gasteiger partial charge on any atom is -0.453 e. The van der Waals surface area contributed by atoms with Crippen LogP contribution < -0.4 is 0 Å². The van der Waals surface area contributed by atoms with Gasteiger partial charge in [0.1, 0.15) is 0 Å². The zero-order valence-electron chi connectivity index (χ0n) is 10.3. The highest BCUT2D eigenvalue weighted by Crippen LogP contribution is 2.32. The number of hydrogen-bond donors (Lipinski definition) is 0. The first-order chi connectivity index (χ1) is 7.94. The molecule has 0 atom stereocenters. The van der Waals surface area contributed by atoms with Gasteiger partial charge in [0, 0.05) is 16.6 Å². The van der Waals surface area contributed by atoms with E-state index in [2.05, 4.69) is 41.9 Å². The Balaban J connectivity index is 2.38. The number of halogens is 1. The molecule has 0 aliphatic carbocycles. The van der Waals surface area contributed by atoms with Gasteiger partial charge in [0.25, 0.3) is 0 Å². The van der Waals surface area contributed by atoms with Crippen LogP contribution in [0.2, 0.25) is 0 Å². The topological polar surface area (TPSA) is 29.5 Å². The van der Waals surface area contributed by atoms with Crippen LogP contribution >= 0.6 is 15.9 Å². The van der Waals surface area contributed by atoms with Gasteiger partial charge in [-0.05, 0) is 43.5 Å². The average Bonchev–Trinajstić information content (AvgIpc) is 2.25. The molecule has 0 bridgehead atoms. The third kappa shape index (κ3) is 2.32. The molecule has 0 radical (unpaired) electrons. The molecule has 17 heavy (non-hydrogen) atoms. The third-order valence-corrected chi connectivity index (χ3v) is 3.74. The van der Waals surface area contributed by atoms with Crippen molar-refractivity contribution in [3.05, 3.63) is 33.8 Å². The van der Waals surface area contributed by atoms with Crippen LogP contribution in [-0.4, -0.2) is 23.6 Å². The molecule has 1 aromatic rings. The van der Waals surface area contributed by atoms with Crippen LogP contribution in [0, 0.1) is 0 Å². The lowest BCUT2D eigenvalue weighted by Crippen LogP contribution is -2.51. The fourth-order valence-electron chi connectivity index (χ4n) is 2.28. The first kappa shape index (κ1) is 12.4. The van der Waals surface area contributed by atoms with Crippen molar-refractivity contribution in [3.63, 3.8) is 0 Å². The van der Waals surface area contributed by atoms with Crippen molar-refractivity contribution in [3.8, 4) is 0 Å². The van der Waals surface area contributed by atoms with Gasteiger partial charge < -0.3 is 4.74 Å². The second-order valence-electron chi connectivity index (χ2n) is 4.96. The number of hydrogen-bond acceptors (Lipinski definition) is 2. The fourth-order valence-corrected chi connectivity index (χ4v) is 2.69. The number of rotatable bonds is 0. The molecule has 0 saturated carbocycles. The second kappa shape index (κ2) is 4.33. The van der Waals surface area contributed by atoms with Crippen LogP contribution in [0.3, 0.4) is 0 Å². The van der Waals surface area contributed by atoms with Gasteiger partial charge in [0.2, 0.25) is 0 Å². The van der Waals surface area contributed by atoms with Gasteiger partial charge in [-0.1, -0.05) is 22.0 Å². The number of carbonyl (C=O) groups is 1. The van der Waals surface area contributed by atoms with E-state index >= 15 is 0 Å². The van der Waals surface area contributed by atoms with Crippen molar-refractivity contribution in [1.29, 1.82) is 0 Å². The molecule has 92 valence electrons. The molecule has 1 aliphatic heterocycles. The lowest BCUT2D eigenvalue weighted by Gasteiger charge is -2.42. The minimum atomic E-state index is -0.261. The van der Waals surface area contributed by atoms with Crippen molar-refractivity contribution in [2.24, 2.45) is 0 Å². The van der Waals surface area contributed by atoms with Crippen molar-refractivity contribution < 1.29 is 9.53 Å². The fraction of sp³-hybridized carbons (Fsp3) is 0.462. The van der Waals surface area contributed by atoms with Gasteiger partial charge in [0.15, 0.2) is 0 Å². The van der Waals surface area contributed by atoms with E-state index in [0.29, 0.717) is 6.54 Å². The molecule has 1 amide bonds. The second-order valence-corrected chi connectivity index (χ2v) is 5.87. The Morgan fingerprint density at radius 1 is 1.41 bits per heavy atom. The van der Waals surface area contributed by atoms with E-state index in [9.17, 15) is 4.79 Å². The molecular weight excluding hydrogens is 282 g/mol. The highest BCUT2D eigenvalue weighted by atomic mass is 79.9. The lowest BCUT2D eigenvalue weighted by atomic mass is 9.86. The molecule has 0 spiro atoms. The molecule has 1 heterocycles. The number of benzene rings is 1. The third-order valence-electron chi connectivity index (χ3n) is 3.25. The van der Waals surface area contributed by atoms with Gasteiger partial charge >= 0.3 is 6.09 Å². The largest absolute Gasteiger partial charge is 0.453 e. The van der Waals surface area contributed by atoms with Crippen LogP contribution in [0.1, 0.15) is 25.0 Å². The van der Waals surface area contributed by atoms with Crippen molar-refractivity contribution in [1.82, 2.24) is 4.90 Å². The van der Waals surface area contributed by atoms with E-state index in [4.69, 9.17) is 4.74 Å². The minimum absolute atomic E-state index is 0.207. The van der Waals surface area contributed by atoms with E-state index in [0.717, 1.165) is 10.9 Å². The molecule has 1 aromatic carbocycles. The molecular formula is C13H16BrNO2. The zero-order valence-corrected chi connectivity index (χ0v) is 11.9. The van der Waals surface area contributed by atoms with E-state index < -0.39 is 0 Å². The van der Waals surface area contributed by atoms with E-state index in [1.54, 1.807) is 4.90 Å². The Morgan fingerprint density at radius 3 is 2.76 bits per heavy atom. The highest BCUT2D eigenvalue weighted by Gasteiger charge is 2.36. The Bertz CT molecular complexity index is 457. The standard InChI is InChI=1S/C13H16BrNO2/c1-13(2)7-10-6-11(14)5-4-9(10)8-15(13)12(16)17-3/h4-6H,7-8H2,1-3H3. The maximum Gasteiger partial charge on any atom is 0.410 e. The number of carbonyl (C=O) groups excluding carboxylic acids is 1. The van der Waals surface area contributed by atoms with E-state index in [1.165, 1.54) is 18.2 Å². The predicted molar refractivity (Wildman–Crippen MR) is 69.9 cm³/mol. The summed E-state index contributed by atoms with van der Waals surface area (Å²) in [5.74, 6) is 0. The SMILES string of the molecule is COC(=O)N1Cc2ccc(Br)cc2CC1(C)C. The summed E-state index contributed by atoms with van der Waals surface area (Å²) in [5, 5.41) is 0. The first-order valence-corrected chi connectivity index (χ1v) is 6.36. The molecule has 0 N–H and O–H groups in total. The number of fused-ring (bicyclic) bond motifs is 1. The normalized spacial score (nSPS) is 17.5. The molecule has 4 heteroatoms. The zero-order chi connectivity index (χ0) is 12.6.